The largest absolute Gasteiger partial charge is 0.493 e. The summed E-state index contributed by atoms with van der Waals surface area (Å²) in [6, 6.07) is 25.9. The maximum Gasteiger partial charge on any atom is 0.251 e. The minimum atomic E-state index is -0.0498. The van der Waals surface area contributed by atoms with Gasteiger partial charge < -0.3 is 19.7 Å². The Kier molecular flexibility index (Phi) is 10.6. The van der Waals surface area contributed by atoms with Gasteiger partial charge in [-0.05, 0) is 47.7 Å². The number of nitrogens with one attached hydrogen (secondary N) is 1. The molecule has 0 saturated carbocycles. The topological polar surface area (TPSA) is 76.6 Å². The molecule has 0 saturated heterocycles. The molecule has 0 fully saturated rings. The fourth-order valence-corrected chi connectivity index (χ4v) is 5.02. The van der Waals surface area contributed by atoms with Crippen molar-refractivity contribution in [3.63, 3.8) is 0 Å². The first-order valence-corrected chi connectivity index (χ1v) is 14.7. The molecule has 0 unspecified atom stereocenters. The van der Waals surface area contributed by atoms with Crippen molar-refractivity contribution in [2.45, 2.75) is 31.2 Å². The Morgan fingerprint density at radius 2 is 1.68 bits per heavy atom. The molecule has 1 heterocycles. The van der Waals surface area contributed by atoms with E-state index in [0.717, 1.165) is 52.7 Å². The molecule has 4 aromatic rings. The molecule has 0 radical (unpaired) electrons. The second kappa shape index (κ2) is 14.6. The van der Waals surface area contributed by atoms with Crippen LogP contribution in [0.25, 0.3) is 11.3 Å². The van der Waals surface area contributed by atoms with E-state index in [0.29, 0.717) is 28.9 Å². The predicted octanol–water partition coefficient (Wildman–Crippen LogP) is 6.52. The van der Waals surface area contributed by atoms with E-state index in [4.69, 9.17) is 19.4 Å². The highest BCUT2D eigenvalue weighted by molar-refractivity contribution is 7.98. The fourth-order valence-electron chi connectivity index (χ4n) is 4.23. The third-order valence-electron chi connectivity index (χ3n) is 6.56. The highest BCUT2D eigenvalue weighted by Gasteiger charge is 2.13. The molecule has 214 valence electrons. The van der Waals surface area contributed by atoms with E-state index in [-0.39, 0.29) is 5.91 Å². The first-order valence-electron chi connectivity index (χ1n) is 13.7. The van der Waals surface area contributed by atoms with Gasteiger partial charge in [0.05, 0.1) is 19.9 Å². The average Bonchev–Trinajstić information content (AvgIpc) is 3.01. The van der Waals surface area contributed by atoms with Crippen LogP contribution in [0.2, 0.25) is 0 Å². The van der Waals surface area contributed by atoms with Gasteiger partial charge in [0.1, 0.15) is 5.82 Å². The third-order valence-corrected chi connectivity index (χ3v) is 7.48. The van der Waals surface area contributed by atoms with E-state index < -0.39 is 0 Å². The zero-order chi connectivity index (χ0) is 29.2. The number of amides is 1. The summed E-state index contributed by atoms with van der Waals surface area (Å²) >= 11 is 1.57. The van der Waals surface area contributed by atoms with Crippen LogP contribution in [-0.4, -0.2) is 50.2 Å². The Bertz CT molecular complexity index is 1450. The zero-order valence-electron chi connectivity index (χ0n) is 24.4. The van der Waals surface area contributed by atoms with E-state index in [1.807, 2.05) is 67.7 Å². The van der Waals surface area contributed by atoms with Gasteiger partial charge in [-0.25, -0.2) is 9.97 Å². The first kappa shape index (κ1) is 29.9. The Balaban J connectivity index is 1.51. The number of carbonyl (C=O) groups excluding carboxylic acids is 1. The van der Waals surface area contributed by atoms with Crippen molar-refractivity contribution in [1.82, 2.24) is 15.3 Å². The maximum absolute atomic E-state index is 12.6. The molecule has 3 aromatic carbocycles. The summed E-state index contributed by atoms with van der Waals surface area (Å²) in [6.07, 6.45) is 0.815. The van der Waals surface area contributed by atoms with Crippen LogP contribution in [0, 0.1) is 5.92 Å². The lowest BCUT2D eigenvalue weighted by atomic mass is 10.1. The molecular formula is C33H38N4O3S. The van der Waals surface area contributed by atoms with Crippen LogP contribution in [0.15, 0.2) is 84.0 Å². The number of ether oxygens (including phenoxy) is 2. The number of aromatic nitrogens is 2. The second-order valence-corrected chi connectivity index (χ2v) is 11.2. The number of nitrogens with zero attached hydrogens (tertiary/aromatic N) is 3. The number of thioether (sulfide) groups is 1. The van der Waals surface area contributed by atoms with Crippen LogP contribution in [0.4, 0.5) is 5.82 Å². The van der Waals surface area contributed by atoms with Crippen molar-refractivity contribution < 1.29 is 14.3 Å². The molecule has 41 heavy (non-hydrogen) atoms. The van der Waals surface area contributed by atoms with E-state index in [1.165, 1.54) is 0 Å². The Morgan fingerprint density at radius 1 is 0.902 bits per heavy atom. The molecule has 7 nitrogen and oxygen atoms in total. The number of hydrogen-bond acceptors (Lipinski definition) is 7. The number of benzene rings is 3. The quantitative estimate of drug-likeness (QED) is 0.145. The summed E-state index contributed by atoms with van der Waals surface area (Å²) in [4.78, 5) is 24.5. The molecule has 0 aliphatic rings. The molecule has 0 aliphatic heterocycles. The summed E-state index contributed by atoms with van der Waals surface area (Å²) in [6.45, 7) is 5.58. The van der Waals surface area contributed by atoms with Gasteiger partial charge in [0.25, 0.3) is 5.91 Å². The van der Waals surface area contributed by atoms with Crippen LogP contribution in [0.1, 0.15) is 35.3 Å². The zero-order valence-corrected chi connectivity index (χ0v) is 25.2. The molecule has 1 amide bonds. The van der Waals surface area contributed by atoms with Crippen LogP contribution >= 0.6 is 11.8 Å². The third kappa shape index (κ3) is 8.47. The minimum absolute atomic E-state index is 0.0498. The predicted molar refractivity (Wildman–Crippen MR) is 167 cm³/mol. The fraction of sp³-hybridized carbons (Fsp3) is 0.303. The van der Waals surface area contributed by atoms with Gasteiger partial charge in [-0.2, -0.15) is 0 Å². The molecule has 0 atom stereocenters. The van der Waals surface area contributed by atoms with Gasteiger partial charge in [0.2, 0.25) is 0 Å². The number of hydrogen-bond donors (Lipinski definition) is 1. The molecule has 1 N–H and O–H groups in total. The van der Waals surface area contributed by atoms with Crippen molar-refractivity contribution in [3.8, 4) is 22.8 Å². The Hall–Kier alpha value is -4.04. The number of rotatable bonds is 13. The van der Waals surface area contributed by atoms with Crippen LogP contribution < -0.4 is 19.7 Å². The Labute approximate surface area is 247 Å². The molecule has 0 spiro atoms. The summed E-state index contributed by atoms with van der Waals surface area (Å²) < 4.78 is 10.8. The second-order valence-electron chi connectivity index (χ2n) is 10.2. The molecule has 1 aromatic heterocycles. The normalized spacial score (nSPS) is 10.9. The highest BCUT2D eigenvalue weighted by Crippen LogP contribution is 2.29. The van der Waals surface area contributed by atoms with E-state index in [9.17, 15) is 4.79 Å². The maximum atomic E-state index is 12.6. The molecule has 4 rings (SSSR count). The van der Waals surface area contributed by atoms with Crippen LogP contribution in [0.3, 0.4) is 0 Å². The molecular weight excluding hydrogens is 532 g/mol. The SMILES string of the molecule is COc1ccc(CCN(C)c2cc(-c3ccccc3)nc(SCc3cccc(C(=O)NCC(C)C)c3)n2)cc1OC. The van der Waals surface area contributed by atoms with Gasteiger partial charge >= 0.3 is 0 Å². The van der Waals surface area contributed by atoms with Gasteiger partial charge in [0, 0.05) is 43.1 Å². The first-order chi connectivity index (χ1) is 19.9. The van der Waals surface area contributed by atoms with Crippen LogP contribution in [-0.2, 0) is 12.2 Å². The number of likely N-dealkylation sites (N-methyl/N-ethyl adjacent to an activating group) is 1. The molecule has 0 bridgehead atoms. The van der Waals surface area contributed by atoms with E-state index in [2.05, 4.69) is 42.3 Å². The van der Waals surface area contributed by atoms with Gasteiger partial charge in [-0.3, -0.25) is 4.79 Å². The van der Waals surface area contributed by atoms with Crippen molar-refractivity contribution >= 4 is 23.5 Å². The lowest BCUT2D eigenvalue weighted by molar-refractivity contribution is 0.0949. The number of methoxy groups -OCH3 is 2. The van der Waals surface area contributed by atoms with E-state index in [1.54, 1.807) is 26.0 Å². The van der Waals surface area contributed by atoms with Gasteiger partial charge in [-0.15, -0.1) is 0 Å². The summed E-state index contributed by atoms with van der Waals surface area (Å²) in [5.74, 6) is 3.30. The number of carbonyl (C=O) groups is 1. The van der Waals surface area contributed by atoms with Crippen molar-refractivity contribution in [2.24, 2.45) is 5.92 Å². The molecule has 0 aliphatic carbocycles. The van der Waals surface area contributed by atoms with Crippen molar-refractivity contribution in [1.29, 1.82) is 0 Å². The Morgan fingerprint density at radius 3 is 2.41 bits per heavy atom. The summed E-state index contributed by atoms with van der Waals surface area (Å²) in [5, 5.41) is 3.68. The monoisotopic (exact) mass is 570 g/mol. The van der Waals surface area contributed by atoms with E-state index >= 15 is 0 Å². The summed E-state index contributed by atoms with van der Waals surface area (Å²) in [5.41, 5.74) is 4.77. The lowest BCUT2D eigenvalue weighted by Gasteiger charge is -2.20. The van der Waals surface area contributed by atoms with Crippen molar-refractivity contribution in [3.05, 3.63) is 95.6 Å². The van der Waals surface area contributed by atoms with Gasteiger partial charge in [0.15, 0.2) is 16.7 Å². The smallest absolute Gasteiger partial charge is 0.251 e. The average molecular weight is 571 g/mol. The molecule has 8 heteroatoms. The van der Waals surface area contributed by atoms with Gasteiger partial charge in [-0.1, -0.05) is 74.1 Å². The minimum Gasteiger partial charge on any atom is -0.493 e. The van der Waals surface area contributed by atoms with Crippen molar-refractivity contribution in [2.75, 3.05) is 39.3 Å². The standard InChI is InChI=1S/C33H38N4O3S/c1-23(2)21-34-32(38)27-13-9-10-25(18-27)22-41-33-35-28(26-11-7-6-8-12-26)20-31(36-33)37(3)17-16-24-14-15-29(39-4)30(19-24)40-5/h6-15,18-20,23H,16-17,21-22H2,1-5H3,(H,34,38). The van der Waals surface area contributed by atoms with Crippen LogP contribution in [0.5, 0.6) is 11.5 Å². The summed E-state index contributed by atoms with van der Waals surface area (Å²) in [7, 11) is 5.34. The lowest BCUT2D eigenvalue weighted by Crippen LogP contribution is -2.27. The highest BCUT2D eigenvalue weighted by atomic mass is 32.2. The number of anilines is 1.